The fourth-order valence-corrected chi connectivity index (χ4v) is 1.97. The molecule has 0 amide bonds. The molecule has 4 heteroatoms. The molecule has 0 radical (unpaired) electrons. The van der Waals surface area contributed by atoms with Gasteiger partial charge in [0.1, 0.15) is 0 Å². The molecule has 0 unspecified atom stereocenters. The average molecular weight is 265 g/mol. The van der Waals surface area contributed by atoms with Gasteiger partial charge in [0.15, 0.2) is 17.5 Å². The number of nitrogens with one attached hydrogen (secondary N) is 1. The molecule has 1 N–H and O–H groups in total. The van der Waals surface area contributed by atoms with E-state index in [1.54, 1.807) is 0 Å². The lowest BCUT2D eigenvalue weighted by molar-refractivity contribution is 0.449. The monoisotopic (exact) mass is 265 g/mol. The quantitative estimate of drug-likeness (QED) is 0.814. The fourth-order valence-electron chi connectivity index (χ4n) is 1.97. The summed E-state index contributed by atoms with van der Waals surface area (Å²) in [7, 11) is 0. The smallest absolute Gasteiger partial charge is 0.196 e. The molecule has 100 valence electrons. The van der Waals surface area contributed by atoms with Crippen LogP contribution in [0.3, 0.4) is 0 Å². The van der Waals surface area contributed by atoms with Gasteiger partial charge in [-0.3, -0.25) is 0 Å². The number of hydrogen-bond acceptors (Lipinski definition) is 1. The van der Waals surface area contributed by atoms with Crippen molar-refractivity contribution >= 4 is 5.69 Å². The van der Waals surface area contributed by atoms with Crippen LogP contribution in [0.2, 0.25) is 0 Å². The van der Waals surface area contributed by atoms with Crippen LogP contribution in [0.1, 0.15) is 16.7 Å². The predicted molar refractivity (Wildman–Crippen MR) is 69.6 cm³/mol. The van der Waals surface area contributed by atoms with E-state index in [0.717, 1.165) is 22.8 Å². The lowest BCUT2D eigenvalue weighted by atomic mass is 10.0. The van der Waals surface area contributed by atoms with Gasteiger partial charge in [0.2, 0.25) is 0 Å². The Morgan fingerprint density at radius 3 is 2.16 bits per heavy atom. The molecule has 2 rings (SSSR count). The van der Waals surface area contributed by atoms with Crippen LogP contribution < -0.4 is 5.32 Å². The summed E-state index contributed by atoms with van der Waals surface area (Å²) in [6, 6.07) is 7.94. The van der Waals surface area contributed by atoms with Gasteiger partial charge in [0.05, 0.1) is 5.69 Å². The second-order valence-electron chi connectivity index (χ2n) is 4.45. The Balaban J connectivity index is 2.22. The first kappa shape index (κ1) is 13.5. The van der Waals surface area contributed by atoms with Crippen molar-refractivity contribution in [3.05, 3.63) is 64.5 Å². The van der Waals surface area contributed by atoms with Gasteiger partial charge >= 0.3 is 0 Å². The first-order chi connectivity index (χ1) is 9.00. The molecule has 0 atom stereocenters. The van der Waals surface area contributed by atoms with E-state index in [0.29, 0.717) is 6.54 Å². The van der Waals surface area contributed by atoms with Crippen LogP contribution >= 0.6 is 0 Å². The minimum Gasteiger partial charge on any atom is -0.378 e. The summed E-state index contributed by atoms with van der Waals surface area (Å²) in [6.07, 6.45) is 0. The summed E-state index contributed by atoms with van der Waals surface area (Å²) >= 11 is 0. The molecule has 0 aromatic heterocycles. The van der Waals surface area contributed by atoms with E-state index in [1.165, 1.54) is 6.07 Å². The van der Waals surface area contributed by atoms with E-state index in [2.05, 4.69) is 5.32 Å². The fraction of sp³-hybridized carbons (Fsp3) is 0.200. The highest BCUT2D eigenvalue weighted by atomic mass is 19.2. The average Bonchev–Trinajstić information content (AvgIpc) is 2.38. The van der Waals surface area contributed by atoms with Crippen molar-refractivity contribution in [2.45, 2.75) is 20.4 Å². The number of benzene rings is 2. The molecule has 0 aliphatic heterocycles. The number of anilines is 1. The first-order valence-electron chi connectivity index (χ1n) is 5.93. The molecule has 0 fully saturated rings. The minimum absolute atomic E-state index is 0.0402. The van der Waals surface area contributed by atoms with E-state index >= 15 is 0 Å². The zero-order valence-electron chi connectivity index (χ0n) is 10.7. The van der Waals surface area contributed by atoms with Crippen LogP contribution in [0.15, 0.2) is 30.3 Å². The van der Waals surface area contributed by atoms with Gasteiger partial charge in [-0.25, -0.2) is 13.2 Å². The van der Waals surface area contributed by atoms with Crippen molar-refractivity contribution < 1.29 is 13.2 Å². The van der Waals surface area contributed by atoms with Crippen molar-refractivity contribution in [2.75, 3.05) is 5.32 Å². The predicted octanol–water partition coefficient (Wildman–Crippen LogP) is 4.33. The lowest BCUT2D eigenvalue weighted by Gasteiger charge is -2.12. The largest absolute Gasteiger partial charge is 0.378 e. The van der Waals surface area contributed by atoms with Gasteiger partial charge in [-0.1, -0.05) is 18.2 Å². The Labute approximate surface area is 110 Å². The molecule has 0 aliphatic rings. The Hall–Kier alpha value is -1.97. The maximum atomic E-state index is 13.5. The van der Waals surface area contributed by atoms with Crippen LogP contribution in [0.5, 0.6) is 0 Å². The number of hydrogen-bond donors (Lipinski definition) is 1. The standard InChI is InChI=1S/C15H14F3N/c1-9-4-3-5-10(2)11(9)8-19-13-7-6-12(16)14(17)15(13)18/h3-7,19H,8H2,1-2H3. The van der Waals surface area contributed by atoms with Crippen molar-refractivity contribution in [1.82, 2.24) is 0 Å². The molecule has 2 aromatic carbocycles. The number of aryl methyl sites for hydroxylation is 2. The van der Waals surface area contributed by atoms with E-state index in [9.17, 15) is 13.2 Å². The van der Waals surface area contributed by atoms with Gasteiger partial charge in [-0.2, -0.15) is 0 Å². The summed E-state index contributed by atoms with van der Waals surface area (Å²) in [5.41, 5.74) is 3.11. The van der Waals surface area contributed by atoms with Crippen molar-refractivity contribution in [3.8, 4) is 0 Å². The molecule has 1 nitrogen and oxygen atoms in total. The summed E-state index contributed by atoms with van der Waals surface area (Å²) < 4.78 is 39.4. The minimum atomic E-state index is -1.45. The molecule has 0 heterocycles. The molecule has 0 spiro atoms. The molecule has 19 heavy (non-hydrogen) atoms. The topological polar surface area (TPSA) is 12.0 Å². The van der Waals surface area contributed by atoms with Crippen molar-refractivity contribution in [1.29, 1.82) is 0 Å². The van der Waals surface area contributed by atoms with Gasteiger partial charge in [0.25, 0.3) is 0 Å². The van der Waals surface area contributed by atoms with Crippen LogP contribution in [0.25, 0.3) is 0 Å². The number of rotatable bonds is 3. The lowest BCUT2D eigenvalue weighted by Crippen LogP contribution is -2.06. The maximum absolute atomic E-state index is 13.5. The second kappa shape index (κ2) is 5.34. The van der Waals surface area contributed by atoms with Crippen molar-refractivity contribution in [2.24, 2.45) is 0 Å². The van der Waals surface area contributed by atoms with E-state index < -0.39 is 17.5 Å². The van der Waals surface area contributed by atoms with Gasteiger partial charge < -0.3 is 5.32 Å². The zero-order chi connectivity index (χ0) is 14.0. The van der Waals surface area contributed by atoms with Crippen LogP contribution in [-0.4, -0.2) is 0 Å². The Morgan fingerprint density at radius 2 is 1.53 bits per heavy atom. The van der Waals surface area contributed by atoms with E-state index in [4.69, 9.17) is 0 Å². The Kier molecular flexibility index (Phi) is 3.79. The van der Waals surface area contributed by atoms with Crippen LogP contribution in [0, 0.1) is 31.3 Å². The third-order valence-electron chi connectivity index (χ3n) is 3.14. The van der Waals surface area contributed by atoms with Crippen LogP contribution in [0.4, 0.5) is 18.9 Å². The normalized spacial score (nSPS) is 10.6. The Bertz CT molecular complexity index is 588. The van der Waals surface area contributed by atoms with E-state index in [1.807, 2.05) is 32.0 Å². The summed E-state index contributed by atoms with van der Waals surface area (Å²) in [5, 5.41) is 2.80. The number of halogens is 3. The molecule has 0 aliphatic carbocycles. The Morgan fingerprint density at radius 1 is 0.895 bits per heavy atom. The van der Waals surface area contributed by atoms with Gasteiger partial charge in [-0.15, -0.1) is 0 Å². The highest BCUT2D eigenvalue weighted by Crippen LogP contribution is 2.21. The third kappa shape index (κ3) is 2.72. The molecule has 2 aromatic rings. The van der Waals surface area contributed by atoms with E-state index in [-0.39, 0.29) is 5.69 Å². The molecular formula is C15H14F3N. The highest BCUT2D eigenvalue weighted by molar-refractivity contribution is 5.47. The summed E-state index contributed by atoms with van der Waals surface area (Å²) in [4.78, 5) is 0. The van der Waals surface area contributed by atoms with Gasteiger partial charge in [-0.05, 0) is 42.7 Å². The summed E-state index contributed by atoms with van der Waals surface area (Å²) in [6.45, 7) is 4.26. The SMILES string of the molecule is Cc1cccc(C)c1CNc1ccc(F)c(F)c1F. The highest BCUT2D eigenvalue weighted by Gasteiger charge is 2.13. The van der Waals surface area contributed by atoms with Crippen LogP contribution in [-0.2, 0) is 6.54 Å². The first-order valence-corrected chi connectivity index (χ1v) is 5.93. The molecular weight excluding hydrogens is 251 g/mol. The van der Waals surface area contributed by atoms with Gasteiger partial charge in [0, 0.05) is 6.54 Å². The molecule has 0 bridgehead atoms. The summed E-state index contributed by atoms with van der Waals surface area (Å²) in [5.74, 6) is -3.83. The molecule has 0 saturated carbocycles. The maximum Gasteiger partial charge on any atom is 0.196 e. The van der Waals surface area contributed by atoms with Crippen molar-refractivity contribution in [3.63, 3.8) is 0 Å². The molecule has 0 saturated heterocycles. The zero-order valence-corrected chi connectivity index (χ0v) is 10.7. The second-order valence-corrected chi connectivity index (χ2v) is 4.45. The third-order valence-corrected chi connectivity index (χ3v) is 3.14.